The summed E-state index contributed by atoms with van der Waals surface area (Å²) in [6.45, 7) is 1.24. The molecule has 2 aromatic heterocycles. The van der Waals surface area contributed by atoms with Crippen LogP contribution in [0.1, 0.15) is 50.1 Å². The maximum atomic E-state index is 13.4. The summed E-state index contributed by atoms with van der Waals surface area (Å²) >= 11 is 0. The number of rotatable bonds is 6. The molecule has 0 radical (unpaired) electrons. The van der Waals surface area contributed by atoms with Crippen LogP contribution in [-0.4, -0.2) is 59.9 Å². The van der Waals surface area contributed by atoms with E-state index in [9.17, 15) is 19.2 Å². The number of nitriles is 1. The van der Waals surface area contributed by atoms with Gasteiger partial charge in [0.1, 0.15) is 5.54 Å². The normalized spacial score (nSPS) is 24.4. The molecule has 2 atom stereocenters. The van der Waals surface area contributed by atoms with Crippen molar-refractivity contribution in [3.8, 4) is 22.9 Å². The number of nitrogens with zero attached hydrogens (tertiary/aromatic N) is 5. The maximum absolute atomic E-state index is 13.4. The van der Waals surface area contributed by atoms with Crippen LogP contribution in [0, 0.1) is 17.2 Å². The Balaban J connectivity index is 1.33. The highest BCUT2D eigenvalue weighted by Crippen LogP contribution is 2.44. The second-order valence-electron chi connectivity index (χ2n) is 11.0. The summed E-state index contributed by atoms with van der Waals surface area (Å²) in [7, 11) is -2.45. The lowest BCUT2D eigenvalue weighted by Gasteiger charge is -2.41. The Labute approximate surface area is 230 Å². The fourth-order valence-electron chi connectivity index (χ4n) is 5.83. The summed E-state index contributed by atoms with van der Waals surface area (Å²) < 4.78 is 21.8. The quantitative estimate of drug-likeness (QED) is 0.399. The first-order chi connectivity index (χ1) is 18.9. The summed E-state index contributed by atoms with van der Waals surface area (Å²) in [6.07, 6.45) is 10.6. The summed E-state index contributed by atoms with van der Waals surface area (Å²) in [6, 6.07) is 14.5. The second-order valence-corrected chi connectivity index (χ2v) is 13.4. The van der Waals surface area contributed by atoms with Crippen LogP contribution in [-0.2, 0) is 4.79 Å². The molecule has 3 N–H and O–H groups in total. The van der Waals surface area contributed by atoms with Gasteiger partial charge in [0.05, 0.1) is 35.2 Å². The van der Waals surface area contributed by atoms with Crippen LogP contribution < -0.4 is 10.2 Å². The zero-order valence-corrected chi connectivity index (χ0v) is 22.7. The molecule has 9 nitrogen and oxygen atoms in total. The molecule has 0 bridgehead atoms. The van der Waals surface area contributed by atoms with E-state index in [0.717, 1.165) is 66.7 Å². The lowest BCUT2D eigenvalue weighted by molar-refractivity contribution is -0.127. The highest BCUT2D eigenvalue weighted by atomic mass is 32.3. The smallest absolute Gasteiger partial charge is 0.225 e. The van der Waals surface area contributed by atoms with E-state index >= 15 is 0 Å². The van der Waals surface area contributed by atoms with Crippen LogP contribution in [0.2, 0.25) is 0 Å². The average Bonchev–Trinajstić information content (AvgIpc) is 3.60. The van der Waals surface area contributed by atoms with E-state index < -0.39 is 16.1 Å². The Morgan fingerprint density at radius 2 is 1.82 bits per heavy atom. The van der Waals surface area contributed by atoms with Crippen LogP contribution in [0.4, 0.5) is 5.69 Å². The molecule has 0 unspecified atom stereocenters. The molecular formula is C29H34N6O3S. The molecule has 39 heavy (non-hydrogen) atoms. The number of carbonyl (C=O) groups excluding carboxylic acids is 1. The minimum absolute atomic E-state index is 0.0351. The van der Waals surface area contributed by atoms with Crippen molar-refractivity contribution < 1.29 is 13.9 Å². The van der Waals surface area contributed by atoms with Crippen LogP contribution in [0.15, 0.2) is 55.0 Å². The molecule has 1 aromatic carbocycles. The monoisotopic (exact) mass is 546 g/mol. The van der Waals surface area contributed by atoms with Crippen molar-refractivity contribution in [2.24, 2.45) is 5.92 Å². The summed E-state index contributed by atoms with van der Waals surface area (Å²) in [5, 5.41) is 17.6. The van der Waals surface area contributed by atoms with E-state index in [2.05, 4.69) is 45.5 Å². The predicted molar refractivity (Wildman–Crippen MR) is 152 cm³/mol. The predicted octanol–water partition coefficient (Wildman–Crippen LogP) is 4.95. The molecule has 204 valence electrons. The average molecular weight is 547 g/mol. The number of benzene rings is 1. The number of pyridine rings is 1. The zero-order chi connectivity index (χ0) is 27.0. The summed E-state index contributed by atoms with van der Waals surface area (Å²) in [5.41, 5.74) is 4.13. The molecule has 1 saturated heterocycles. The number of nitrogens with one attached hydrogen (secondary N) is 1. The number of hydrogen-bond donors (Lipinski definition) is 3. The second kappa shape index (κ2) is 10.3. The fraction of sp³-hybridized carbons (Fsp3) is 0.448. The number of carbonyl (C=O) groups is 1. The molecule has 1 amide bonds. The van der Waals surface area contributed by atoms with Gasteiger partial charge in [-0.05, 0) is 55.5 Å². The molecule has 2 saturated carbocycles. The van der Waals surface area contributed by atoms with E-state index in [0.29, 0.717) is 24.6 Å². The molecule has 3 aromatic rings. The summed E-state index contributed by atoms with van der Waals surface area (Å²) in [5.74, 6) is 0.484. The molecule has 2 aliphatic carbocycles. The highest BCUT2D eigenvalue weighted by Gasteiger charge is 2.47. The number of aromatic nitrogens is 3. The molecule has 3 heterocycles. The first-order valence-electron chi connectivity index (χ1n) is 13.7. The van der Waals surface area contributed by atoms with Crippen molar-refractivity contribution in [3.63, 3.8) is 0 Å². The van der Waals surface area contributed by atoms with E-state index in [1.54, 1.807) is 12.4 Å². The van der Waals surface area contributed by atoms with Gasteiger partial charge >= 0.3 is 0 Å². The van der Waals surface area contributed by atoms with Gasteiger partial charge in [0.15, 0.2) is 0 Å². The zero-order valence-electron chi connectivity index (χ0n) is 21.9. The van der Waals surface area contributed by atoms with Gasteiger partial charge in [0.25, 0.3) is 0 Å². The van der Waals surface area contributed by atoms with Crippen LogP contribution in [0.5, 0.6) is 0 Å². The largest absolute Gasteiger partial charge is 0.368 e. The Hall–Kier alpha value is -3.39. The highest BCUT2D eigenvalue weighted by molar-refractivity contribution is 8.24. The van der Waals surface area contributed by atoms with Crippen molar-refractivity contribution >= 4 is 22.2 Å². The minimum atomic E-state index is -2.45. The SMILES string of the molecule is N#CC1(NC(=O)[C@@H]2CCCC[C@H]2c2nn(-c3cccnc3)cc2-c2ccc(N3CCS(O)(O)CC3)cc2)CC1. The van der Waals surface area contributed by atoms with Gasteiger partial charge in [-0.15, -0.1) is 0 Å². The van der Waals surface area contributed by atoms with Crippen LogP contribution in [0.3, 0.4) is 0 Å². The first-order valence-corrected chi connectivity index (χ1v) is 15.6. The fourth-order valence-corrected chi connectivity index (χ4v) is 7.06. The van der Waals surface area contributed by atoms with Gasteiger partial charge in [-0.1, -0.05) is 25.0 Å². The molecule has 3 aliphatic rings. The van der Waals surface area contributed by atoms with E-state index in [1.165, 1.54) is 0 Å². The van der Waals surface area contributed by atoms with Crippen LogP contribution >= 0.6 is 10.6 Å². The van der Waals surface area contributed by atoms with Gasteiger partial charge in [-0.2, -0.15) is 21.0 Å². The molecule has 6 rings (SSSR count). The van der Waals surface area contributed by atoms with Crippen LogP contribution in [0.25, 0.3) is 16.8 Å². The topological polar surface area (TPSA) is 127 Å². The summed E-state index contributed by atoms with van der Waals surface area (Å²) in [4.78, 5) is 19.9. The Kier molecular flexibility index (Phi) is 6.83. The maximum Gasteiger partial charge on any atom is 0.225 e. The van der Waals surface area contributed by atoms with Gasteiger partial charge in [-0.25, -0.2) is 4.68 Å². The number of amides is 1. The lowest BCUT2D eigenvalue weighted by Crippen LogP contribution is -2.42. The standard InChI is InChI=1S/C29H34N6O3S/c30-20-29(11-12-29)32-28(36)25-6-2-1-5-24(25)27-26(19-35(33-27)23-4-3-13-31-18-23)21-7-9-22(10-8-21)34-14-16-39(37,38)17-15-34/h3-4,7-10,13,18-19,24-25,37-38H,1-2,5-6,11-12,14-17H2,(H,32,36)/t24-,25-/m1/s1. The van der Waals surface area contributed by atoms with Gasteiger partial charge in [0.2, 0.25) is 5.91 Å². The minimum Gasteiger partial charge on any atom is -0.368 e. The molecule has 0 spiro atoms. The van der Waals surface area contributed by atoms with Crippen molar-refractivity contribution in [3.05, 3.63) is 60.7 Å². The Morgan fingerprint density at radius 1 is 1.08 bits per heavy atom. The first kappa shape index (κ1) is 25.9. The number of anilines is 1. The third kappa shape index (κ3) is 5.39. The molecular weight excluding hydrogens is 512 g/mol. The molecule has 1 aliphatic heterocycles. The van der Waals surface area contributed by atoms with Gasteiger partial charge in [0, 0.05) is 48.6 Å². The van der Waals surface area contributed by atoms with Gasteiger partial charge < -0.3 is 10.2 Å². The number of hydrogen-bond acceptors (Lipinski definition) is 7. The van der Waals surface area contributed by atoms with E-state index in [-0.39, 0.29) is 17.7 Å². The third-order valence-corrected chi connectivity index (χ3v) is 10.0. The van der Waals surface area contributed by atoms with Gasteiger partial charge in [-0.3, -0.25) is 18.9 Å². The lowest BCUT2D eigenvalue weighted by atomic mass is 9.75. The molecule has 3 fully saturated rings. The van der Waals surface area contributed by atoms with E-state index in [4.69, 9.17) is 5.10 Å². The van der Waals surface area contributed by atoms with Crippen molar-refractivity contribution in [2.45, 2.75) is 50.0 Å². The Bertz CT molecular complexity index is 1370. The Morgan fingerprint density at radius 3 is 2.49 bits per heavy atom. The van der Waals surface area contributed by atoms with E-state index in [1.807, 2.05) is 23.0 Å². The van der Waals surface area contributed by atoms with Crippen molar-refractivity contribution in [1.29, 1.82) is 5.26 Å². The molecule has 10 heteroatoms. The van der Waals surface area contributed by atoms with Crippen molar-refractivity contribution in [1.82, 2.24) is 20.1 Å². The van der Waals surface area contributed by atoms with Crippen molar-refractivity contribution in [2.75, 3.05) is 29.5 Å². The third-order valence-electron chi connectivity index (χ3n) is 8.35.